The molecule has 0 aliphatic heterocycles. The van der Waals surface area contributed by atoms with Crippen molar-refractivity contribution in [3.8, 4) is 17.1 Å². The highest BCUT2D eigenvalue weighted by Crippen LogP contribution is 2.28. The summed E-state index contributed by atoms with van der Waals surface area (Å²) in [6, 6.07) is 11.1. The van der Waals surface area contributed by atoms with Crippen LogP contribution in [0.25, 0.3) is 22.2 Å². The first-order valence-corrected chi connectivity index (χ1v) is 8.27. The molecular weight excluding hydrogens is 344 g/mol. The van der Waals surface area contributed by atoms with Crippen molar-refractivity contribution in [1.29, 1.82) is 0 Å². The first-order chi connectivity index (χ1) is 13.2. The average Bonchev–Trinajstić information content (AvgIpc) is 3.23. The summed E-state index contributed by atoms with van der Waals surface area (Å²) in [7, 11) is 1.59. The molecule has 4 rings (SSSR count). The maximum absolute atomic E-state index is 12.9. The average molecular weight is 360 g/mol. The number of benzene rings is 2. The molecule has 2 aromatic carbocycles. The highest BCUT2D eigenvalue weighted by molar-refractivity contribution is 6.13. The number of nitrogens with zero attached hydrogens (tertiary/aromatic N) is 3. The third-order valence-corrected chi connectivity index (χ3v) is 4.33. The molecule has 7 heteroatoms. The van der Waals surface area contributed by atoms with Gasteiger partial charge in [0, 0.05) is 34.4 Å². The lowest BCUT2D eigenvalue weighted by molar-refractivity contribution is 0.102. The molecule has 0 radical (unpaired) electrons. The number of carbonyl (C=O) groups is 1. The van der Waals surface area contributed by atoms with Crippen LogP contribution in [-0.4, -0.2) is 28.1 Å². The van der Waals surface area contributed by atoms with Gasteiger partial charge in [-0.25, -0.2) is 0 Å². The van der Waals surface area contributed by atoms with Crippen LogP contribution in [0.5, 0.6) is 5.75 Å². The Labute approximate surface area is 155 Å². The molecule has 0 atom stereocenters. The summed E-state index contributed by atoms with van der Waals surface area (Å²) in [5.74, 6) is 0.877. The van der Waals surface area contributed by atoms with Gasteiger partial charge in [-0.3, -0.25) is 9.78 Å². The largest absolute Gasteiger partial charge is 0.496 e. The quantitative estimate of drug-likeness (QED) is 0.594. The van der Waals surface area contributed by atoms with Crippen molar-refractivity contribution >= 4 is 22.4 Å². The number of ether oxygens (including phenoxy) is 1. The Morgan fingerprint density at radius 2 is 2.04 bits per heavy atom. The van der Waals surface area contributed by atoms with Crippen molar-refractivity contribution in [1.82, 2.24) is 15.1 Å². The zero-order valence-electron chi connectivity index (χ0n) is 14.8. The maximum Gasteiger partial charge on any atom is 0.257 e. The number of methoxy groups -OCH3 is 1. The highest BCUT2D eigenvalue weighted by Gasteiger charge is 2.15. The molecule has 0 bridgehead atoms. The fraction of sp³-hybridized carbons (Fsp3) is 0.100. The van der Waals surface area contributed by atoms with E-state index in [-0.39, 0.29) is 5.91 Å². The number of hydrogen-bond acceptors (Lipinski definition) is 6. The van der Waals surface area contributed by atoms with Crippen LogP contribution in [0.3, 0.4) is 0 Å². The summed E-state index contributed by atoms with van der Waals surface area (Å²) in [6.45, 7) is 1.92. The number of aromatic nitrogens is 3. The molecule has 0 aliphatic carbocycles. The molecule has 4 aromatic rings. The Balaban J connectivity index is 1.71. The lowest BCUT2D eigenvalue weighted by atomic mass is 10.1. The van der Waals surface area contributed by atoms with Gasteiger partial charge in [0.25, 0.3) is 5.91 Å². The molecule has 0 aliphatic rings. The number of anilines is 1. The second-order valence-electron chi connectivity index (χ2n) is 5.98. The van der Waals surface area contributed by atoms with Crippen LogP contribution in [0.2, 0.25) is 0 Å². The number of nitrogens with one attached hydrogen (secondary N) is 1. The van der Waals surface area contributed by atoms with Gasteiger partial charge < -0.3 is 14.6 Å². The summed E-state index contributed by atoms with van der Waals surface area (Å²) >= 11 is 0. The van der Waals surface area contributed by atoms with Gasteiger partial charge in [0.2, 0.25) is 12.2 Å². The minimum absolute atomic E-state index is 0.255. The molecule has 2 aromatic heterocycles. The van der Waals surface area contributed by atoms with E-state index in [4.69, 9.17) is 9.26 Å². The fourth-order valence-electron chi connectivity index (χ4n) is 2.91. The second-order valence-corrected chi connectivity index (χ2v) is 5.98. The molecule has 27 heavy (non-hydrogen) atoms. The van der Waals surface area contributed by atoms with Gasteiger partial charge in [0.1, 0.15) is 5.75 Å². The van der Waals surface area contributed by atoms with E-state index >= 15 is 0 Å². The summed E-state index contributed by atoms with van der Waals surface area (Å²) < 4.78 is 10.2. The van der Waals surface area contributed by atoms with E-state index in [1.165, 1.54) is 6.39 Å². The Morgan fingerprint density at radius 3 is 2.81 bits per heavy atom. The van der Waals surface area contributed by atoms with E-state index in [0.29, 0.717) is 22.8 Å². The fourth-order valence-corrected chi connectivity index (χ4v) is 2.91. The third-order valence-electron chi connectivity index (χ3n) is 4.33. The number of fused-ring (bicyclic) bond motifs is 1. The summed E-state index contributed by atoms with van der Waals surface area (Å²) in [5, 5.41) is 8.34. The van der Waals surface area contributed by atoms with Crippen molar-refractivity contribution in [2.24, 2.45) is 0 Å². The SMILES string of the molecule is COc1cccc2c(C(=O)Nc3cc(-c4ncon4)ccc3C)cncc12. The van der Waals surface area contributed by atoms with Gasteiger partial charge in [-0.05, 0) is 24.6 Å². The lowest BCUT2D eigenvalue weighted by Crippen LogP contribution is -2.14. The number of aryl methyl sites for hydroxylation is 1. The zero-order valence-corrected chi connectivity index (χ0v) is 14.8. The van der Waals surface area contributed by atoms with Gasteiger partial charge in [-0.1, -0.05) is 29.4 Å². The standard InChI is InChI=1S/C20H16N4O3/c1-12-6-7-13(19-22-11-27-24-19)8-17(12)23-20(25)16-10-21-9-15-14(16)4-3-5-18(15)26-2/h3-11H,1-2H3,(H,23,25). The van der Waals surface area contributed by atoms with Crippen LogP contribution in [-0.2, 0) is 0 Å². The van der Waals surface area contributed by atoms with Crippen LogP contribution in [0.4, 0.5) is 5.69 Å². The molecule has 0 saturated heterocycles. The summed E-state index contributed by atoms with van der Waals surface area (Å²) in [4.78, 5) is 21.2. The van der Waals surface area contributed by atoms with Gasteiger partial charge >= 0.3 is 0 Å². The van der Waals surface area contributed by atoms with Crippen LogP contribution in [0.15, 0.2) is 59.7 Å². The van der Waals surface area contributed by atoms with E-state index < -0.39 is 0 Å². The molecule has 1 N–H and O–H groups in total. The summed E-state index contributed by atoms with van der Waals surface area (Å²) in [6.07, 6.45) is 4.51. The number of rotatable bonds is 4. The monoisotopic (exact) mass is 360 g/mol. The van der Waals surface area contributed by atoms with Crippen molar-refractivity contribution < 1.29 is 14.1 Å². The number of pyridine rings is 1. The van der Waals surface area contributed by atoms with Crippen LogP contribution in [0, 0.1) is 6.92 Å². The molecule has 0 unspecified atom stereocenters. The summed E-state index contributed by atoms with van der Waals surface area (Å²) in [5.41, 5.74) is 2.81. The van der Waals surface area contributed by atoms with E-state index in [1.54, 1.807) is 19.5 Å². The molecule has 0 saturated carbocycles. The Bertz CT molecular complexity index is 1120. The van der Waals surface area contributed by atoms with Gasteiger partial charge in [-0.15, -0.1) is 0 Å². The first kappa shape index (κ1) is 16.7. The van der Waals surface area contributed by atoms with E-state index in [1.807, 2.05) is 43.3 Å². The van der Waals surface area contributed by atoms with E-state index in [9.17, 15) is 4.79 Å². The normalized spacial score (nSPS) is 10.7. The predicted octanol–water partition coefficient (Wildman–Crippen LogP) is 3.85. The second kappa shape index (κ2) is 6.87. The topological polar surface area (TPSA) is 90.1 Å². The Morgan fingerprint density at radius 1 is 1.15 bits per heavy atom. The number of hydrogen-bond donors (Lipinski definition) is 1. The van der Waals surface area contributed by atoms with Gasteiger partial charge in [0.05, 0.1) is 12.7 Å². The predicted molar refractivity (Wildman–Crippen MR) is 101 cm³/mol. The Kier molecular flexibility index (Phi) is 4.25. The van der Waals surface area contributed by atoms with Crippen molar-refractivity contribution in [2.75, 3.05) is 12.4 Å². The maximum atomic E-state index is 12.9. The zero-order chi connectivity index (χ0) is 18.8. The van der Waals surface area contributed by atoms with Crippen LogP contribution >= 0.6 is 0 Å². The lowest BCUT2D eigenvalue weighted by Gasteiger charge is -2.12. The minimum atomic E-state index is -0.255. The van der Waals surface area contributed by atoms with Crippen molar-refractivity contribution in [3.63, 3.8) is 0 Å². The molecule has 0 fully saturated rings. The van der Waals surface area contributed by atoms with Gasteiger partial charge in [-0.2, -0.15) is 4.98 Å². The van der Waals surface area contributed by atoms with Crippen molar-refractivity contribution in [2.45, 2.75) is 6.92 Å². The van der Waals surface area contributed by atoms with Crippen LogP contribution < -0.4 is 10.1 Å². The molecule has 1 amide bonds. The van der Waals surface area contributed by atoms with E-state index in [0.717, 1.165) is 21.9 Å². The molecule has 7 nitrogen and oxygen atoms in total. The number of amides is 1. The highest BCUT2D eigenvalue weighted by atomic mass is 16.5. The molecule has 2 heterocycles. The smallest absolute Gasteiger partial charge is 0.257 e. The van der Waals surface area contributed by atoms with Crippen LogP contribution in [0.1, 0.15) is 15.9 Å². The molecule has 134 valence electrons. The first-order valence-electron chi connectivity index (χ1n) is 8.27. The molecule has 0 spiro atoms. The molecular formula is C20H16N4O3. The Hall–Kier alpha value is -3.74. The van der Waals surface area contributed by atoms with Crippen molar-refractivity contribution in [3.05, 3.63) is 66.3 Å². The van der Waals surface area contributed by atoms with E-state index in [2.05, 4.69) is 20.4 Å². The number of carbonyl (C=O) groups excluding carboxylic acids is 1. The van der Waals surface area contributed by atoms with Gasteiger partial charge in [0.15, 0.2) is 0 Å². The minimum Gasteiger partial charge on any atom is -0.496 e. The third kappa shape index (κ3) is 3.10.